The van der Waals surface area contributed by atoms with Crippen LogP contribution in [0.25, 0.3) is 0 Å². The number of hydrogen-bond acceptors (Lipinski definition) is 5. The Labute approximate surface area is 192 Å². The van der Waals surface area contributed by atoms with E-state index < -0.39 is 6.43 Å². The summed E-state index contributed by atoms with van der Waals surface area (Å²) in [5.41, 5.74) is 3.51. The number of aromatic nitrogens is 2. The van der Waals surface area contributed by atoms with Gasteiger partial charge < -0.3 is 8.87 Å². The Morgan fingerprint density at radius 2 is 1.78 bits per heavy atom. The highest BCUT2D eigenvalue weighted by molar-refractivity contribution is 8.00. The third-order valence-corrected chi connectivity index (χ3v) is 5.73. The van der Waals surface area contributed by atoms with Crippen molar-refractivity contribution in [3.63, 3.8) is 0 Å². The number of hydrogen-bond donors (Lipinski definition) is 0. The summed E-state index contributed by atoms with van der Waals surface area (Å²) < 4.78 is 29.9. The molecule has 0 atom stereocenters. The largest absolute Gasteiger partial charge is 0.337 e. The summed E-state index contributed by atoms with van der Waals surface area (Å²) in [4.78, 5) is 4.08. The second-order valence-electron chi connectivity index (χ2n) is 6.82. The smallest absolute Gasteiger partial charge is 0.278 e. The maximum absolute atomic E-state index is 12.8. The van der Waals surface area contributed by atoms with Crippen molar-refractivity contribution in [1.29, 1.82) is 0 Å². The Kier molecular flexibility index (Phi) is 8.98. The number of para-hydroxylation sites is 1. The van der Waals surface area contributed by atoms with Gasteiger partial charge in [-0.15, -0.1) is 0 Å². The average molecular weight is 456 g/mol. The first-order chi connectivity index (χ1) is 15.7. The maximum Gasteiger partial charge on any atom is 0.278 e. The highest BCUT2D eigenvalue weighted by atomic mass is 32.2. The molecule has 0 bridgehead atoms. The third kappa shape index (κ3) is 6.50. The second kappa shape index (κ2) is 12.1. The summed E-state index contributed by atoms with van der Waals surface area (Å²) in [6.45, 7) is 5.60. The van der Waals surface area contributed by atoms with Gasteiger partial charge in [-0.25, -0.2) is 13.8 Å². The zero-order valence-corrected chi connectivity index (χ0v) is 19.1. The minimum absolute atomic E-state index is 0.108. The number of anilines is 1. The first-order valence-electron chi connectivity index (χ1n) is 10.6. The molecule has 0 radical (unpaired) electrons. The van der Waals surface area contributed by atoms with Gasteiger partial charge in [0.1, 0.15) is 5.71 Å². The van der Waals surface area contributed by atoms with Crippen molar-refractivity contribution in [2.45, 2.75) is 39.8 Å². The lowest BCUT2D eigenvalue weighted by Crippen LogP contribution is -2.16. The van der Waals surface area contributed by atoms with Gasteiger partial charge in [-0.3, -0.25) is 0 Å². The van der Waals surface area contributed by atoms with Crippen LogP contribution in [0.2, 0.25) is 0 Å². The molecule has 2 heterocycles. The Morgan fingerprint density at radius 3 is 2.41 bits per heavy atom. The maximum atomic E-state index is 12.8. The summed E-state index contributed by atoms with van der Waals surface area (Å²) in [6.07, 6.45) is 3.12. The fourth-order valence-corrected chi connectivity index (χ4v) is 4.12. The van der Waals surface area contributed by atoms with Gasteiger partial charge in [0.25, 0.3) is 6.43 Å². The first kappa shape index (κ1) is 23.7. The Balaban J connectivity index is 0.00000141. The molecule has 2 aromatic carbocycles. The van der Waals surface area contributed by atoms with Gasteiger partial charge in [-0.05, 0) is 35.2 Å². The average Bonchev–Trinajstić information content (AvgIpc) is 3.53. The number of aryl methyl sites for hydroxylation is 1. The molecule has 3 aromatic rings. The fourth-order valence-electron chi connectivity index (χ4n) is 3.10. The Hall–Kier alpha value is -3.00. The van der Waals surface area contributed by atoms with E-state index in [-0.39, 0.29) is 12.1 Å². The third-order valence-electron chi connectivity index (χ3n) is 4.71. The van der Waals surface area contributed by atoms with E-state index in [2.05, 4.69) is 36.2 Å². The van der Waals surface area contributed by atoms with E-state index in [9.17, 15) is 8.78 Å². The number of alkyl halides is 2. The van der Waals surface area contributed by atoms with Crippen molar-refractivity contribution < 1.29 is 8.78 Å². The highest BCUT2D eigenvalue weighted by Crippen LogP contribution is 2.25. The molecule has 1 aliphatic rings. The van der Waals surface area contributed by atoms with E-state index in [1.54, 1.807) is 18.1 Å². The molecule has 0 saturated heterocycles. The molecule has 0 fully saturated rings. The number of halogens is 2. The molecule has 0 aliphatic carbocycles. The van der Waals surface area contributed by atoms with E-state index in [1.807, 2.05) is 68.8 Å². The van der Waals surface area contributed by atoms with Crippen molar-refractivity contribution in [3.05, 3.63) is 84.4 Å². The van der Waals surface area contributed by atoms with Crippen molar-refractivity contribution in [1.82, 2.24) is 9.55 Å². The molecule has 1 aliphatic heterocycles. The first-order valence-corrected chi connectivity index (χ1v) is 11.6. The number of imidazole rings is 1. The van der Waals surface area contributed by atoms with Gasteiger partial charge in [-0.1, -0.05) is 56.3 Å². The fraction of sp³-hybridized carbons (Fsp3) is 0.292. The van der Waals surface area contributed by atoms with Crippen molar-refractivity contribution >= 4 is 29.1 Å². The van der Waals surface area contributed by atoms with E-state index in [0.29, 0.717) is 5.71 Å². The summed E-state index contributed by atoms with van der Waals surface area (Å²) >= 11 is 1.76. The number of benzene rings is 2. The Morgan fingerprint density at radius 1 is 1.03 bits per heavy atom. The van der Waals surface area contributed by atoms with E-state index in [4.69, 9.17) is 0 Å². The SMILES string of the molecule is CC.FC(F)C1=NN=C(c2ccc(CN(SCCn3ccnc3)c3ccccc3)cc2)C1. The van der Waals surface area contributed by atoms with Gasteiger partial charge in [0.05, 0.1) is 18.6 Å². The van der Waals surface area contributed by atoms with Gasteiger partial charge >= 0.3 is 0 Å². The van der Waals surface area contributed by atoms with Crippen molar-refractivity contribution in [2.75, 3.05) is 10.1 Å². The van der Waals surface area contributed by atoms with Crippen LogP contribution < -0.4 is 4.31 Å². The highest BCUT2D eigenvalue weighted by Gasteiger charge is 2.21. The van der Waals surface area contributed by atoms with Crippen LogP contribution in [-0.4, -0.2) is 33.2 Å². The number of rotatable bonds is 9. The standard InChI is InChI=1S/C22H21F2N5S.C2H6/c23-22(24)21-14-20(26-27-21)18-8-6-17(7-9-18)15-29(19-4-2-1-3-5-19)30-13-12-28-11-10-25-16-28;1-2/h1-11,16,22H,12-15H2;1-2H3. The van der Waals surface area contributed by atoms with Crippen LogP contribution in [0.4, 0.5) is 14.5 Å². The molecule has 5 nitrogen and oxygen atoms in total. The predicted octanol–water partition coefficient (Wildman–Crippen LogP) is 6.08. The lowest BCUT2D eigenvalue weighted by molar-refractivity contribution is 0.224. The molecular formula is C24H27F2N5S. The van der Waals surface area contributed by atoms with E-state index >= 15 is 0 Å². The van der Waals surface area contributed by atoms with Gasteiger partial charge in [-0.2, -0.15) is 10.2 Å². The summed E-state index contributed by atoms with van der Waals surface area (Å²) in [5, 5.41) is 7.51. The molecule has 0 spiro atoms. The molecular weight excluding hydrogens is 428 g/mol. The van der Waals surface area contributed by atoms with E-state index in [0.717, 1.165) is 35.7 Å². The molecule has 0 N–H and O–H groups in total. The summed E-state index contributed by atoms with van der Waals surface area (Å²) in [6, 6.07) is 18.1. The molecule has 168 valence electrons. The molecule has 0 unspecified atom stereocenters. The minimum atomic E-state index is -2.55. The van der Waals surface area contributed by atoms with Gasteiger partial charge in [0, 0.05) is 36.8 Å². The van der Waals surface area contributed by atoms with Crippen molar-refractivity contribution in [3.8, 4) is 0 Å². The topological polar surface area (TPSA) is 45.8 Å². The van der Waals surface area contributed by atoms with Crippen molar-refractivity contribution in [2.24, 2.45) is 10.2 Å². The normalized spacial score (nSPS) is 12.8. The number of nitrogens with zero attached hydrogens (tertiary/aromatic N) is 5. The van der Waals surface area contributed by atoms with E-state index in [1.165, 1.54) is 0 Å². The zero-order valence-electron chi connectivity index (χ0n) is 18.2. The van der Waals surface area contributed by atoms with Crippen LogP contribution in [0.1, 0.15) is 31.4 Å². The monoisotopic (exact) mass is 455 g/mol. The quantitative estimate of drug-likeness (QED) is 0.368. The van der Waals surface area contributed by atoms with Gasteiger partial charge in [0.15, 0.2) is 0 Å². The summed E-state index contributed by atoms with van der Waals surface area (Å²) in [5.74, 6) is 0.911. The van der Waals surface area contributed by atoms with Crippen LogP contribution in [0.3, 0.4) is 0 Å². The molecule has 0 saturated carbocycles. The molecule has 1 aromatic heterocycles. The molecule has 0 amide bonds. The van der Waals surface area contributed by atoms with Crippen LogP contribution >= 0.6 is 11.9 Å². The predicted molar refractivity (Wildman–Crippen MR) is 130 cm³/mol. The van der Waals surface area contributed by atoms with Crippen LogP contribution in [0, 0.1) is 0 Å². The molecule has 32 heavy (non-hydrogen) atoms. The molecule has 4 rings (SSSR count). The van der Waals surface area contributed by atoms with Crippen LogP contribution in [0.15, 0.2) is 83.5 Å². The minimum Gasteiger partial charge on any atom is -0.337 e. The second-order valence-corrected chi connectivity index (χ2v) is 7.93. The van der Waals surface area contributed by atoms with Crippen LogP contribution in [-0.2, 0) is 13.1 Å². The summed E-state index contributed by atoms with van der Waals surface area (Å²) in [7, 11) is 0. The zero-order chi connectivity index (χ0) is 22.8. The molecule has 8 heteroatoms. The lowest BCUT2D eigenvalue weighted by atomic mass is 10.0. The lowest BCUT2D eigenvalue weighted by Gasteiger charge is -2.24. The van der Waals surface area contributed by atoms with Gasteiger partial charge in [0.2, 0.25) is 0 Å². The Bertz CT molecular complexity index is 1000. The van der Waals surface area contributed by atoms with Crippen LogP contribution in [0.5, 0.6) is 0 Å².